The standard InChI is InChI=1S/C20H28N2O2/c23-15-17-10-12-22(13-11-17)14-16-6-8-18(9-7-16)20(24)21-19-4-2-1-3-5-19/h2,4,6-9,17,19,23H,1,3,5,10-15H2,(H,21,24). The lowest BCUT2D eigenvalue weighted by Crippen LogP contribution is -2.34. The van der Waals surface area contributed by atoms with Gasteiger partial charge in [0.25, 0.3) is 5.91 Å². The molecule has 1 aliphatic heterocycles. The first-order chi connectivity index (χ1) is 11.7. The Morgan fingerprint density at radius 2 is 1.92 bits per heavy atom. The van der Waals surface area contributed by atoms with Crippen LogP contribution in [0, 0.1) is 5.92 Å². The van der Waals surface area contributed by atoms with Crippen molar-refractivity contribution in [3.05, 3.63) is 47.5 Å². The van der Waals surface area contributed by atoms with Gasteiger partial charge in [0.05, 0.1) is 0 Å². The molecule has 1 aromatic carbocycles. The normalized spacial score (nSPS) is 22.5. The molecule has 1 unspecified atom stereocenters. The van der Waals surface area contributed by atoms with Crippen molar-refractivity contribution < 1.29 is 9.90 Å². The summed E-state index contributed by atoms with van der Waals surface area (Å²) in [5.41, 5.74) is 1.98. The quantitative estimate of drug-likeness (QED) is 0.817. The van der Waals surface area contributed by atoms with E-state index in [1.807, 2.05) is 12.1 Å². The Bertz CT molecular complexity index is 560. The van der Waals surface area contributed by atoms with Crippen molar-refractivity contribution in [2.75, 3.05) is 19.7 Å². The first-order valence-electron chi connectivity index (χ1n) is 9.14. The Labute approximate surface area is 144 Å². The van der Waals surface area contributed by atoms with Crippen LogP contribution in [0.25, 0.3) is 0 Å². The molecule has 0 radical (unpaired) electrons. The molecule has 1 aromatic rings. The van der Waals surface area contributed by atoms with Crippen molar-refractivity contribution in [2.45, 2.75) is 44.7 Å². The molecule has 1 amide bonds. The van der Waals surface area contributed by atoms with Crippen LogP contribution in [0.15, 0.2) is 36.4 Å². The molecule has 4 heteroatoms. The van der Waals surface area contributed by atoms with E-state index in [1.54, 1.807) is 0 Å². The lowest BCUT2D eigenvalue weighted by molar-refractivity contribution is 0.0942. The Balaban J connectivity index is 1.50. The molecule has 3 rings (SSSR count). The minimum Gasteiger partial charge on any atom is -0.396 e. The summed E-state index contributed by atoms with van der Waals surface area (Å²) in [6.07, 6.45) is 9.70. The van der Waals surface area contributed by atoms with Gasteiger partial charge in [-0.25, -0.2) is 0 Å². The minimum absolute atomic E-state index is 0.0156. The lowest BCUT2D eigenvalue weighted by atomic mass is 9.97. The Morgan fingerprint density at radius 1 is 1.17 bits per heavy atom. The van der Waals surface area contributed by atoms with Crippen LogP contribution in [0.1, 0.15) is 48.0 Å². The van der Waals surface area contributed by atoms with Gasteiger partial charge < -0.3 is 10.4 Å². The van der Waals surface area contributed by atoms with Gasteiger partial charge in [0.1, 0.15) is 0 Å². The molecule has 0 spiro atoms. The molecule has 1 aliphatic carbocycles. The molecule has 2 aliphatic rings. The molecule has 0 aromatic heterocycles. The maximum absolute atomic E-state index is 12.3. The number of carbonyl (C=O) groups is 1. The largest absolute Gasteiger partial charge is 0.396 e. The molecule has 1 saturated heterocycles. The lowest BCUT2D eigenvalue weighted by Gasteiger charge is -2.31. The van der Waals surface area contributed by atoms with Gasteiger partial charge >= 0.3 is 0 Å². The minimum atomic E-state index is 0.0156. The van der Waals surface area contributed by atoms with Crippen LogP contribution in [0.4, 0.5) is 0 Å². The summed E-state index contributed by atoms with van der Waals surface area (Å²) in [4.78, 5) is 14.7. The van der Waals surface area contributed by atoms with Gasteiger partial charge in [-0.15, -0.1) is 0 Å². The summed E-state index contributed by atoms with van der Waals surface area (Å²) < 4.78 is 0. The third-order valence-electron chi connectivity index (χ3n) is 5.16. The topological polar surface area (TPSA) is 52.6 Å². The van der Waals surface area contributed by atoms with Gasteiger partial charge in [-0.05, 0) is 68.8 Å². The second-order valence-electron chi connectivity index (χ2n) is 7.04. The maximum Gasteiger partial charge on any atom is 0.251 e. The number of hydrogen-bond donors (Lipinski definition) is 2. The van der Waals surface area contributed by atoms with Gasteiger partial charge in [0.15, 0.2) is 0 Å². The highest BCUT2D eigenvalue weighted by molar-refractivity contribution is 5.94. The number of nitrogens with zero attached hydrogens (tertiary/aromatic N) is 1. The fourth-order valence-corrected chi connectivity index (χ4v) is 3.53. The average Bonchev–Trinajstić information content (AvgIpc) is 2.64. The van der Waals surface area contributed by atoms with Crippen LogP contribution in [0.2, 0.25) is 0 Å². The van der Waals surface area contributed by atoms with Crippen molar-refractivity contribution in [1.29, 1.82) is 0 Å². The van der Waals surface area contributed by atoms with Crippen LogP contribution >= 0.6 is 0 Å². The smallest absolute Gasteiger partial charge is 0.251 e. The zero-order valence-corrected chi connectivity index (χ0v) is 14.3. The van der Waals surface area contributed by atoms with E-state index < -0.39 is 0 Å². The number of benzene rings is 1. The Kier molecular flexibility index (Phi) is 6.05. The number of hydrogen-bond acceptors (Lipinski definition) is 3. The van der Waals surface area contributed by atoms with Gasteiger partial charge in [0.2, 0.25) is 0 Å². The number of amides is 1. The number of carbonyl (C=O) groups excluding carboxylic acids is 1. The van der Waals surface area contributed by atoms with Crippen molar-refractivity contribution in [1.82, 2.24) is 10.2 Å². The van der Waals surface area contributed by atoms with Gasteiger partial charge in [-0.2, -0.15) is 0 Å². The Hall–Kier alpha value is -1.65. The van der Waals surface area contributed by atoms with E-state index in [-0.39, 0.29) is 11.9 Å². The van der Waals surface area contributed by atoms with E-state index >= 15 is 0 Å². The number of aliphatic hydroxyl groups is 1. The second kappa shape index (κ2) is 8.45. The summed E-state index contributed by atoms with van der Waals surface area (Å²) in [6, 6.07) is 8.15. The maximum atomic E-state index is 12.3. The highest BCUT2D eigenvalue weighted by Crippen LogP contribution is 2.18. The zero-order chi connectivity index (χ0) is 16.8. The van der Waals surface area contributed by atoms with E-state index in [4.69, 9.17) is 0 Å². The molecule has 0 bridgehead atoms. The first kappa shape index (κ1) is 17.2. The molecule has 1 atom stereocenters. The van der Waals surface area contributed by atoms with Gasteiger partial charge in [-0.1, -0.05) is 24.3 Å². The third-order valence-corrected chi connectivity index (χ3v) is 5.16. The summed E-state index contributed by atoms with van der Waals surface area (Å²) in [5.74, 6) is 0.489. The fraction of sp³-hybridized carbons (Fsp3) is 0.550. The molecule has 2 N–H and O–H groups in total. The monoisotopic (exact) mass is 328 g/mol. The molecule has 0 saturated carbocycles. The third kappa shape index (κ3) is 4.68. The van der Waals surface area contributed by atoms with E-state index in [9.17, 15) is 9.90 Å². The molecule has 1 fully saturated rings. The number of rotatable bonds is 5. The summed E-state index contributed by atoms with van der Waals surface area (Å²) in [7, 11) is 0. The molecular formula is C20H28N2O2. The zero-order valence-electron chi connectivity index (χ0n) is 14.3. The highest BCUT2D eigenvalue weighted by atomic mass is 16.3. The predicted octanol–water partition coefficient (Wildman–Crippen LogP) is 2.73. The molecule has 130 valence electrons. The number of allylic oxidation sites excluding steroid dienone is 1. The molecule has 4 nitrogen and oxygen atoms in total. The van der Waals surface area contributed by atoms with Gasteiger partial charge in [-0.3, -0.25) is 9.69 Å². The van der Waals surface area contributed by atoms with E-state index in [0.717, 1.165) is 57.3 Å². The van der Waals surface area contributed by atoms with E-state index in [2.05, 4.69) is 34.5 Å². The van der Waals surface area contributed by atoms with Crippen molar-refractivity contribution in [2.24, 2.45) is 5.92 Å². The fourth-order valence-electron chi connectivity index (χ4n) is 3.53. The van der Waals surface area contributed by atoms with Crippen molar-refractivity contribution in [3.8, 4) is 0 Å². The molecular weight excluding hydrogens is 300 g/mol. The van der Waals surface area contributed by atoms with Crippen LogP contribution in [-0.4, -0.2) is 41.7 Å². The van der Waals surface area contributed by atoms with Gasteiger partial charge in [0, 0.05) is 24.8 Å². The summed E-state index contributed by atoms with van der Waals surface area (Å²) in [6.45, 7) is 3.32. The molecule has 24 heavy (non-hydrogen) atoms. The molecule has 1 heterocycles. The highest BCUT2D eigenvalue weighted by Gasteiger charge is 2.18. The van der Waals surface area contributed by atoms with E-state index in [1.165, 1.54) is 5.56 Å². The van der Waals surface area contributed by atoms with Crippen molar-refractivity contribution >= 4 is 5.91 Å². The average molecular weight is 328 g/mol. The summed E-state index contributed by atoms with van der Waals surface area (Å²) >= 11 is 0. The van der Waals surface area contributed by atoms with Crippen LogP contribution < -0.4 is 5.32 Å². The summed E-state index contributed by atoms with van der Waals surface area (Å²) in [5, 5.41) is 12.3. The van der Waals surface area contributed by atoms with Crippen LogP contribution in [0.3, 0.4) is 0 Å². The Morgan fingerprint density at radius 3 is 2.54 bits per heavy atom. The van der Waals surface area contributed by atoms with Crippen molar-refractivity contribution in [3.63, 3.8) is 0 Å². The van der Waals surface area contributed by atoms with E-state index in [0.29, 0.717) is 12.5 Å². The van der Waals surface area contributed by atoms with Crippen LogP contribution in [0.5, 0.6) is 0 Å². The number of piperidine rings is 1. The first-order valence-corrected chi connectivity index (χ1v) is 9.14. The second-order valence-corrected chi connectivity index (χ2v) is 7.04. The predicted molar refractivity (Wildman–Crippen MR) is 95.8 cm³/mol. The number of likely N-dealkylation sites (tertiary alicyclic amines) is 1. The number of nitrogens with one attached hydrogen (secondary N) is 1. The number of aliphatic hydroxyl groups excluding tert-OH is 1. The van der Waals surface area contributed by atoms with Crippen LogP contribution in [-0.2, 0) is 6.54 Å². The SMILES string of the molecule is O=C(NC1C=CCCC1)c1ccc(CN2CCC(CO)CC2)cc1.